The van der Waals surface area contributed by atoms with E-state index in [-0.39, 0.29) is 5.92 Å². The molecule has 0 bridgehead atoms. The summed E-state index contributed by atoms with van der Waals surface area (Å²) >= 11 is 1.93. The molecule has 0 spiro atoms. The summed E-state index contributed by atoms with van der Waals surface area (Å²) in [6, 6.07) is 0. The van der Waals surface area contributed by atoms with E-state index >= 15 is 0 Å². The van der Waals surface area contributed by atoms with Gasteiger partial charge in [-0.25, -0.2) is 9.67 Å². The zero-order chi connectivity index (χ0) is 12.5. The van der Waals surface area contributed by atoms with Crippen molar-refractivity contribution in [2.24, 2.45) is 5.92 Å². The number of rotatable bonds is 2. The highest BCUT2D eigenvalue weighted by Gasteiger charge is 2.28. The minimum absolute atomic E-state index is 0.300. The third kappa shape index (κ3) is 2.25. The van der Waals surface area contributed by atoms with Crippen molar-refractivity contribution in [3.8, 4) is 0 Å². The Hall–Kier alpha value is -1.04. The lowest BCUT2D eigenvalue weighted by atomic mass is 10.0. The third-order valence-corrected chi connectivity index (χ3v) is 5.06. The van der Waals surface area contributed by atoms with Gasteiger partial charge in [-0.1, -0.05) is 6.42 Å². The molecule has 0 radical (unpaired) electrons. The Morgan fingerprint density at radius 2 is 2.28 bits per heavy atom. The van der Waals surface area contributed by atoms with Crippen LogP contribution in [0.1, 0.15) is 42.6 Å². The van der Waals surface area contributed by atoms with Gasteiger partial charge in [-0.05, 0) is 25.0 Å². The molecule has 1 saturated heterocycles. The van der Waals surface area contributed by atoms with Crippen molar-refractivity contribution in [1.29, 1.82) is 0 Å². The molecule has 1 aromatic heterocycles. The molecule has 0 aliphatic carbocycles. The molecule has 0 amide bonds. The number of aryl methyl sites for hydroxylation is 1. The van der Waals surface area contributed by atoms with E-state index in [1.165, 1.54) is 18.6 Å². The van der Waals surface area contributed by atoms with Gasteiger partial charge in [0.2, 0.25) is 0 Å². The number of nitrogens with zero attached hydrogens (tertiary/aromatic N) is 3. The van der Waals surface area contributed by atoms with E-state index in [1.54, 1.807) is 0 Å². The average molecular weight is 267 g/mol. The number of hydrogen-bond acceptors (Lipinski definition) is 4. The van der Waals surface area contributed by atoms with Crippen molar-refractivity contribution < 1.29 is 9.90 Å². The van der Waals surface area contributed by atoms with Crippen LogP contribution in [0.5, 0.6) is 0 Å². The minimum atomic E-state index is -0.718. The van der Waals surface area contributed by atoms with Crippen LogP contribution in [-0.4, -0.2) is 31.6 Å². The highest BCUT2D eigenvalue weighted by Crippen LogP contribution is 2.37. The van der Waals surface area contributed by atoms with Crippen LogP contribution >= 0.6 is 11.8 Å². The highest BCUT2D eigenvalue weighted by molar-refractivity contribution is 7.99. The maximum Gasteiger partial charge on any atom is 0.308 e. The second-order valence-corrected chi connectivity index (χ2v) is 6.31. The third-order valence-electron chi connectivity index (χ3n) is 3.69. The van der Waals surface area contributed by atoms with E-state index in [1.807, 2.05) is 16.4 Å². The number of hydrogen-bond donors (Lipinski definition) is 1. The number of carbonyl (C=O) groups is 1. The van der Waals surface area contributed by atoms with Crippen LogP contribution in [0, 0.1) is 5.92 Å². The van der Waals surface area contributed by atoms with Gasteiger partial charge in [-0.3, -0.25) is 4.79 Å². The van der Waals surface area contributed by atoms with E-state index in [2.05, 4.69) is 10.1 Å². The number of thioether (sulfide) groups is 1. The second-order valence-electron chi connectivity index (χ2n) is 5.00. The number of carboxylic acids is 1. The van der Waals surface area contributed by atoms with Crippen LogP contribution in [0.15, 0.2) is 0 Å². The zero-order valence-electron chi connectivity index (χ0n) is 10.2. The van der Waals surface area contributed by atoms with Gasteiger partial charge in [0.15, 0.2) is 5.82 Å². The quantitative estimate of drug-likeness (QED) is 0.886. The monoisotopic (exact) mass is 267 g/mol. The van der Waals surface area contributed by atoms with Crippen LogP contribution in [0.2, 0.25) is 0 Å². The molecule has 2 atom stereocenters. The molecule has 3 heterocycles. The lowest BCUT2D eigenvalue weighted by molar-refractivity contribution is -0.142. The molecule has 98 valence electrons. The van der Waals surface area contributed by atoms with Crippen LogP contribution in [0.3, 0.4) is 0 Å². The van der Waals surface area contributed by atoms with Crippen LogP contribution in [0.25, 0.3) is 0 Å². The summed E-state index contributed by atoms with van der Waals surface area (Å²) < 4.78 is 1.81. The van der Waals surface area contributed by atoms with Crippen molar-refractivity contribution in [2.75, 3.05) is 5.75 Å². The van der Waals surface area contributed by atoms with E-state index in [4.69, 9.17) is 5.11 Å². The zero-order valence-corrected chi connectivity index (χ0v) is 11.0. The Kier molecular flexibility index (Phi) is 3.28. The molecule has 6 heteroatoms. The van der Waals surface area contributed by atoms with Crippen molar-refractivity contribution in [2.45, 2.75) is 43.9 Å². The summed E-state index contributed by atoms with van der Waals surface area (Å²) in [6.45, 7) is 0.481. The van der Waals surface area contributed by atoms with Crippen LogP contribution < -0.4 is 0 Å². The summed E-state index contributed by atoms with van der Waals surface area (Å²) in [6.07, 6.45) is 5.11. The fraction of sp³-hybridized carbons (Fsp3) is 0.750. The van der Waals surface area contributed by atoms with E-state index in [0.29, 0.717) is 18.2 Å². The fourth-order valence-corrected chi connectivity index (χ4v) is 3.85. The van der Waals surface area contributed by atoms with Gasteiger partial charge in [-0.2, -0.15) is 16.9 Å². The molecular formula is C12H17N3O2S. The Labute approximate surface area is 110 Å². The summed E-state index contributed by atoms with van der Waals surface area (Å²) in [5.41, 5.74) is 0. The topological polar surface area (TPSA) is 68.0 Å². The van der Waals surface area contributed by atoms with Gasteiger partial charge in [0.1, 0.15) is 5.82 Å². The molecule has 0 saturated carbocycles. The first-order valence-electron chi connectivity index (χ1n) is 6.52. The van der Waals surface area contributed by atoms with Gasteiger partial charge in [0, 0.05) is 6.42 Å². The lowest BCUT2D eigenvalue weighted by Crippen LogP contribution is -2.27. The van der Waals surface area contributed by atoms with Crippen molar-refractivity contribution in [3.05, 3.63) is 11.6 Å². The molecular weight excluding hydrogens is 250 g/mol. The molecule has 2 unspecified atom stereocenters. The minimum Gasteiger partial charge on any atom is -0.481 e. The van der Waals surface area contributed by atoms with E-state index < -0.39 is 5.97 Å². The molecule has 2 aliphatic rings. The van der Waals surface area contributed by atoms with Gasteiger partial charge < -0.3 is 5.11 Å². The number of carboxylic acid groups (broad SMARTS) is 1. The maximum absolute atomic E-state index is 11.0. The van der Waals surface area contributed by atoms with E-state index in [9.17, 15) is 4.79 Å². The first-order valence-corrected chi connectivity index (χ1v) is 7.57. The summed E-state index contributed by atoms with van der Waals surface area (Å²) in [5.74, 6) is 2.05. The number of aliphatic carboxylic acids is 1. The smallest absolute Gasteiger partial charge is 0.308 e. The first kappa shape index (κ1) is 12.0. The van der Waals surface area contributed by atoms with Crippen molar-refractivity contribution in [3.63, 3.8) is 0 Å². The lowest BCUT2D eigenvalue weighted by Gasteiger charge is -2.18. The standard InChI is InChI=1S/C12H17N3O2S/c16-12(17)8-4-5-10-13-11(14-15(10)7-8)9-3-1-2-6-18-9/h8-9H,1-7H2,(H,16,17). The molecule has 18 heavy (non-hydrogen) atoms. The Bertz CT molecular complexity index is 454. The largest absolute Gasteiger partial charge is 0.481 e. The molecule has 0 aromatic carbocycles. The second kappa shape index (κ2) is 4.91. The van der Waals surface area contributed by atoms with Crippen molar-refractivity contribution in [1.82, 2.24) is 14.8 Å². The molecule has 5 nitrogen and oxygen atoms in total. The first-order chi connectivity index (χ1) is 8.74. The molecule has 1 N–H and O–H groups in total. The number of fused-ring (bicyclic) bond motifs is 1. The average Bonchev–Trinajstić information content (AvgIpc) is 2.82. The summed E-state index contributed by atoms with van der Waals surface area (Å²) in [7, 11) is 0. The summed E-state index contributed by atoms with van der Waals surface area (Å²) in [4.78, 5) is 15.6. The highest BCUT2D eigenvalue weighted by atomic mass is 32.2. The normalized spacial score (nSPS) is 27.8. The Balaban J connectivity index is 1.78. The molecule has 1 fully saturated rings. The Morgan fingerprint density at radius 3 is 3.00 bits per heavy atom. The van der Waals surface area contributed by atoms with Crippen LogP contribution in [0.4, 0.5) is 0 Å². The predicted octanol–water partition coefficient (Wildman–Crippen LogP) is 1.88. The van der Waals surface area contributed by atoms with E-state index in [0.717, 1.165) is 24.5 Å². The SMILES string of the molecule is O=C(O)C1CCc2nc(C3CCCCS3)nn2C1. The molecule has 1 aromatic rings. The maximum atomic E-state index is 11.0. The van der Waals surface area contributed by atoms with Gasteiger partial charge >= 0.3 is 5.97 Å². The van der Waals surface area contributed by atoms with Gasteiger partial charge in [-0.15, -0.1) is 0 Å². The van der Waals surface area contributed by atoms with Gasteiger partial charge in [0.25, 0.3) is 0 Å². The summed E-state index contributed by atoms with van der Waals surface area (Å²) in [5, 5.41) is 14.0. The molecule has 3 rings (SSSR count). The number of aromatic nitrogens is 3. The van der Waals surface area contributed by atoms with Crippen molar-refractivity contribution >= 4 is 17.7 Å². The Morgan fingerprint density at radius 1 is 1.39 bits per heavy atom. The van der Waals surface area contributed by atoms with Crippen LogP contribution in [-0.2, 0) is 17.8 Å². The molecule has 2 aliphatic heterocycles. The predicted molar refractivity (Wildman–Crippen MR) is 68.5 cm³/mol. The fourth-order valence-electron chi connectivity index (χ4n) is 2.61. The van der Waals surface area contributed by atoms with Gasteiger partial charge in [0.05, 0.1) is 17.7 Å².